The number of aryl methyl sites for hydroxylation is 2. The van der Waals surface area contributed by atoms with E-state index >= 15 is 0 Å². The van der Waals surface area contributed by atoms with E-state index in [0.717, 1.165) is 47.2 Å². The van der Waals surface area contributed by atoms with Gasteiger partial charge in [0, 0.05) is 17.0 Å². The van der Waals surface area contributed by atoms with Crippen LogP contribution in [-0.2, 0) is 30.6 Å². The number of amides is 1. The molecule has 5 rings (SSSR count). The van der Waals surface area contributed by atoms with Crippen LogP contribution >= 0.6 is 11.3 Å². The van der Waals surface area contributed by atoms with Crippen LogP contribution in [-0.4, -0.2) is 36.2 Å². The summed E-state index contributed by atoms with van der Waals surface area (Å²) in [4.78, 5) is 33.7. The van der Waals surface area contributed by atoms with E-state index in [9.17, 15) is 9.59 Å². The van der Waals surface area contributed by atoms with Gasteiger partial charge in [-0.1, -0.05) is 36.4 Å². The molecule has 36 heavy (non-hydrogen) atoms. The SMILES string of the molecule is COc1ccc(CCNC(=O)Cn2c(-c3ccccc3)nc3sc4c(c3c2=O)CCCC4)cc1OC. The Morgan fingerprint density at radius 1 is 1.06 bits per heavy atom. The lowest BCUT2D eigenvalue weighted by molar-refractivity contribution is -0.121. The molecular weight excluding hydrogens is 474 g/mol. The molecule has 186 valence electrons. The van der Waals surface area contributed by atoms with E-state index in [4.69, 9.17) is 14.5 Å². The van der Waals surface area contributed by atoms with Gasteiger partial charge in [0.2, 0.25) is 5.91 Å². The largest absolute Gasteiger partial charge is 0.493 e. The van der Waals surface area contributed by atoms with Crippen molar-refractivity contribution in [2.45, 2.75) is 38.6 Å². The molecule has 0 spiro atoms. The summed E-state index contributed by atoms with van der Waals surface area (Å²) in [7, 11) is 3.20. The molecule has 8 heteroatoms. The van der Waals surface area contributed by atoms with E-state index in [-0.39, 0.29) is 18.0 Å². The summed E-state index contributed by atoms with van der Waals surface area (Å²) in [6, 6.07) is 15.3. The molecule has 1 aliphatic carbocycles. The summed E-state index contributed by atoms with van der Waals surface area (Å²) >= 11 is 1.62. The van der Waals surface area contributed by atoms with E-state index in [1.165, 1.54) is 9.44 Å². The Kier molecular flexibility index (Phi) is 7.04. The summed E-state index contributed by atoms with van der Waals surface area (Å²) < 4.78 is 12.2. The number of nitrogens with one attached hydrogen (secondary N) is 1. The summed E-state index contributed by atoms with van der Waals surface area (Å²) in [6.07, 6.45) is 4.74. The predicted molar refractivity (Wildman–Crippen MR) is 142 cm³/mol. The van der Waals surface area contributed by atoms with Crippen LogP contribution in [0.1, 0.15) is 28.8 Å². The van der Waals surface area contributed by atoms with Crippen molar-refractivity contribution in [2.24, 2.45) is 0 Å². The minimum Gasteiger partial charge on any atom is -0.493 e. The van der Waals surface area contributed by atoms with Crippen LogP contribution < -0.4 is 20.3 Å². The number of ether oxygens (including phenoxy) is 2. The van der Waals surface area contributed by atoms with Gasteiger partial charge in [-0.2, -0.15) is 0 Å². The molecule has 0 saturated carbocycles. The van der Waals surface area contributed by atoms with Crippen LogP contribution in [0.2, 0.25) is 0 Å². The first-order chi connectivity index (χ1) is 17.6. The number of nitrogens with zero attached hydrogens (tertiary/aromatic N) is 2. The number of hydrogen-bond acceptors (Lipinski definition) is 6. The first-order valence-electron chi connectivity index (χ1n) is 12.2. The second kappa shape index (κ2) is 10.5. The van der Waals surface area contributed by atoms with Crippen molar-refractivity contribution in [3.63, 3.8) is 0 Å². The van der Waals surface area contributed by atoms with Crippen molar-refractivity contribution in [1.29, 1.82) is 0 Å². The van der Waals surface area contributed by atoms with E-state index in [2.05, 4.69) is 5.32 Å². The number of fused-ring (bicyclic) bond motifs is 3. The van der Waals surface area contributed by atoms with Gasteiger partial charge < -0.3 is 14.8 Å². The molecule has 1 aliphatic rings. The number of thiophene rings is 1. The fraction of sp³-hybridized carbons (Fsp3) is 0.321. The molecule has 4 aromatic rings. The van der Waals surface area contributed by atoms with Crippen LogP contribution in [0.3, 0.4) is 0 Å². The molecule has 0 atom stereocenters. The Balaban J connectivity index is 1.40. The third-order valence-electron chi connectivity index (χ3n) is 6.59. The predicted octanol–water partition coefficient (Wildman–Crippen LogP) is 4.38. The second-order valence-electron chi connectivity index (χ2n) is 8.87. The van der Waals surface area contributed by atoms with Crippen LogP contribution in [0.15, 0.2) is 53.3 Å². The quantitative estimate of drug-likeness (QED) is 0.386. The van der Waals surface area contributed by atoms with Crippen molar-refractivity contribution in [3.05, 3.63) is 74.9 Å². The van der Waals surface area contributed by atoms with Crippen molar-refractivity contribution >= 4 is 27.5 Å². The van der Waals surface area contributed by atoms with E-state index in [1.54, 1.807) is 25.6 Å². The zero-order valence-corrected chi connectivity index (χ0v) is 21.3. The molecule has 0 radical (unpaired) electrons. The van der Waals surface area contributed by atoms with Gasteiger partial charge in [0.25, 0.3) is 5.56 Å². The Labute approximate surface area is 213 Å². The van der Waals surface area contributed by atoms with Gasteiger partial charge in [-0.3, -0.25) is 14.2 Å². The molecule has 1 amide bonds. The van der Waals surface area contributed by atoms with Gasteiger partial charge >= 0.3 is 0 Å². The third-order valence-corrected chi connectivity index (χ3v) is 7.78. The maximum Gasteiger partial charge on any atom is 0.263 e. The highest BCUT2D eigenvalue weighted by molar-refractivity contribution is 7.18. The first-order valence-corrected chi connectivity index (χ1v) is 13.0. The standard InChI is InChI=1S/C28H29N3O4S/c1-34-21-13-12-18(16-22(21)35-2)14-15-29-24(32)17-31-26(19-8-4-3-5-9-19)30-27-25(28(31)33)20-10-6-7-11-23(20)36-27/h3-5,8-9,12-13,16H,6-7,10-11,14-15,17H2,1-2H3,(H,29,32). The molecular formula is C28H29N3O4S. The fourth-order valence-electron chi connectivity index (χ4n) is 4.77. The number of hydrogen-bond donors (Lipinski definition) is 1. The van der Waals surface area contributed by atoms with Gasteiger partial charge in [0.05, 0.1) is 19.6 Å². The molecule has 0 bridgehead atoms. The second-order valence-corrected chi connectivity index (χ2v) is 9.96. The van der Waals surface area contributed by atoms with E-state index in [1.807, 2.05) is 48.5 Å². The molecule has 2 aromatic carbocycles. The van der Waals surface area contributed by atoms with Gasteiger partial charge in [0.15, 0.2) is 11.5 Å². The molecule has 2 heterocycles. The molecule has 0 fully saturated rings. The Bertz CT molecular complexity index is 1460. The Morgan fingerprint density at radius 2 is 1.83 bits per heavy atom. The Morgan fingerprint density at radius 3 is 2.61 bits per heavy atom. The molecule has 0 aliphatic heterocycles. The van der Waals surface area contributed by atoms with Crippen LogP contribution in [0.25, 0.3) is 21.6 Å². The van der Waals surface area contributed by atoms with Crippen molar-refractivity contribution < 1.29 is 14.3 Å². The number of benzene rings is 2. The lowest BCUT2D eigenvalue weighted by atomic mass is 9.97. The maximum absolute atomic E-state index is 13.7. The maximum atomic E-state index is 13.7. The average molecular weight is 504 g/mol. The molecule has 0 unspecified atom stereocenters. The number of carbonyl (C=O) groups excluding carboxylic acids is 1. The highest BCUT2D eigenvalue weighted by atomic mass is 32.1. The van der Waals surface area contributed by atoms with Crippen molar-refractivity contribution in [1.82, 2.24) is 14.9 Å². The van der Waals surface area contributed by atoms with Crippen LogP contribution in [0.4, 0.5) is 0 Å². The monoisotopic (exact) mass is 503 g/mol. The minimum absolute atomic E-state index is 0.0808. The molecule has 0 saturated heterocycles. The highest BCUT2D eigenvalue weighted by Crippen LogP contribution is 2.35. The smallest absolute Gasteiger partial charge is 0.263 e. The normalized spacial score (nSPS) is 12.8. The third kappa shape index (κ3) is 4.73. The molecule has 2 aromatic heterocycles. The zero-order chi connectivity index (χ0) is 25.1. The topological polar surface area (TPSA) is 82.5 Å². The number of aromatic nitrogens is 2. The first kappa shape index (κ1) is 24.1. The lowest BCUT2D eigenvalue weighted by Crippen LogP contribution is -2.34. The van der Waals surface area contributed by atoms with Gasteiger partial charge in [-0.05, 0) is 55.4 Å². The highest BCUT2D eigenvalue weighted by Gasteiger charge is 2.23. The molecule has 7 nitrogen and oxygen atoms in total. The van der Waals surface area contributed by atoms with Gasteiger partial charge in [-0.15, -0.1) is 11.3 Å². The van der Waals surface area contributed by atoms with E-state index in [0.29, 0.717) is 35.7 Å². The zero-order valence-electron chi connectivity index (χ0n) is 20.5. The number of rotatable bonds is 8. The van der Waals surface area contributed by atoms with E-state index < -0.39 is 0 Å². The Hall–Kier alpha value is -3.65. The van der Waals surface area contributed by atoms with Gasteiger partial charge in [-0.25, -0.2) is 4.98 Å². The summed E-state index contributed by atoms with van der Waals surface area (Å²) in [6.45, 7) is 0.357. The van der Waals surface area contributed by atoms with Crippen LogP contribution in [0.5, 0.6) is 11.5 Å². The summed E-state index contributed by atoms with van der Waals surface area (Å²) in [5.74, 6) is 1.62. The van der Waals surface area contributed by atoms with Crippen molar-refractivity contribution in [3.8, 4) is 22.9 Å². The fourth-order valence-corrected chi connectivity index (χ4v) is 6.03. The average Bonchev–Trinajstić information content (AvgIpc) is 3.29. The van der Waals surface area contributed by atoms with Crippen LogP contribution in [0, 0.1) is 0 Å². The van der Waals surface area contributed by atoms with Crippen molar-refractivity contribution in [2.75, 3.05) is 20.8 Å². The summed E-state index contributed by atoms with van der Waals surface area (Å²) in [5.41, 5.74) is 2.83. The lowest BCUT2D eigenvalue weighted by Gasteiger charge is -2.14. The number of carbonyl (C=O) groups is 1. The molecule has 1 N–H and O–H groups in total. The van der Waals surface area contributed by atoms with Gasteiger partial charge in [0.1, 0.15) is 17.2 Å². The summed E-state index contributed by atoms with van der Waals surface area (Å²) in [5, 5.41) is 3.65. The minimum atomic E-state index is -0.222. The number of methoxy groups -OCH3 is 2.